The highest BCUT2D eigenvalue weighted by Crippen LogP contribution is 2.22. The number of carbonyl (C=O) groups excluding carboxylic acids is 1. The van der Waals surface area contributed by atoms with E-state index in [0.29, 0.717) is 0 Å². The molecule has 0 aliphatic carbocycles. The first-order valence-electron chi connectivity index (χ1n) is 4.15. The lowest BCUT2D eigenvalue weighted by Gasteiger charge is -2.07. The monoisotopic (exact) mass is 208 g/mol. The molecule has 0 unspecified atom stereocenters. The highest BCUT2D eigenvalue weighted by Gasteiger charge is 2.15. The minimum atomic E-state index is -0.720. The average molecular weight is 208 g/mol. The van der Waals surface area contributed by atoms with E-state index in [4.69, 9.17) is 15.7 Å². The Morgan fingerprint density at radius 1 is 1.67 bits per heavy atom. The first-order valence-corrected chi connectivity index (χ1v) is 4.15. The minimum absolute atomic E-state index is 0.0851. The summed E-state index contributed by atoms with van der Waals surface area (Å²) in [5, 5.41) is 8.59. The smallest absolute Gasteiger partial charge is 0.180 e. The van der Waals surface area contributed by atoms with E-state index in [-0.39, 0.29) is 23.4 Å². The second kappa shape index (κ2) is 4.53. The van der Waals surface area contributed by atoms with Gasteiger partial charge >= 0.3 is 0 Å². The number of rotatable bonds is 3. The van der Waals surface area contributed by atoms with Crippen LogP contribution in [0, 0.1) is 17.1 Å². The van der Waals surface area contributed by atoms with Crippen molar-refractivity contribution in [2.45, 2.75) is 0 Å². The molecule has 0 saturated heterocycles. The van der Waals surface area contributed by atoms with Crippen molar-refractivity contribution in [3.63, 3.8) is 0 Å². The van der Waals surface area contributed by atoms with Crippen LogP contribution in [0.4, 0.5) is 4.39 Å². The van der Waals surface area contributed by atoms with E-state index in [0.717, 1.165) is 12.1 Å². The lowest BCUT2D eigenvalue weighted by Crippen LogP contribution is -2.15. The Morgan fingerprint density at radius 3 is 2.80 bits per heavy atom. The van der Waals surface area contributed by atoms with Crippen LogP contribution in [0.15, 0.2) is 12.1 Å². The Morgan fingerprint density at radius 2 is 2.33 bits per heavy atom. The number of nitrogens with zero attached hydrogens (tertiary/aromatic N) is 1. The van der Waals surface area contributed by atoms with Crippen LogP contribution in [0.5, 0.6) is 5.75 Å². The van der Waals surface area contributed by atoms with Crippen molar-refractivity contribution in [1.29, 1.82) is 5.26 Å². The van der Waals surface area contributed by atoms with Crippen molar-refractivity contribution >= 4 is 5.78 Å². The molecule has 0 spiro atoms. The van der Waals surface area contributed by atoms with E-state index < -0.39 is 11.6 Å². The molecule has 0 amide bonds. The molecule has 0 atom stereocenters. The largest absolute Gasteiger partial charge is 0.496 e. The number of carbonyl (C=O) groups is 1. The maximum absolute atomic E-state index is 13.1. The van der Waals surface area contributed by atoms with Gasteiger partial charge < -0.3 is 10.5 Å². The van der Waals surface area contributed by atoms with Crippen LogP contribution in [0.2, 0.25) is 0 Å². The third kappa shape index (κ3) is 2.11. The fourth-order valence-corrected chi connectivity index (χ4v) is 1.14. The van der Waals surface area contributed by atoms with Gasteiger partial charge in [0, 0.05) is 6.07 Å². The van der Waals surface area contributed by atoms with Crippen LogP contribution in [-0.4, -0.2) is 19.4 Å². The summed E-state index contributed by atoms with van der Waals surface area (Å²) in [5.74, 6) is -1.03. The zero-order valence-corrected chi connectivity index (χ0v) is 8.08. The first-order chi connectivity index (χ1) is 7.13. The van der Waals surface area contributed by atoms with Crippen molar-refractivity contribution in [1.82, 2.24) is 0 Å². The molecule has 0 heterocycles. The maximum Gasteiger partial charge on any atom is 0.180 e. The molecular weight excluding hydrogens is 199 g/mol. The molecule has 5 heteroatoms. The SMILES string of the molecule is COc1cc(F)c(C#N)cc1C(=O)CN. The molecule has 1 aromatic rings. The summed E-state index contributed by atoms with van der Waals surface area (Å²) >= 11 is 0. The van der Waals surface area contributed by atoms with E-state index in [2.05, 4.69) is 0 Å². The summed E-state index contributed by atoms with van der Waals surface area (Å²) in [5.41, 5.74) is 5.10. The number of methoxy groups -OCH3 is 1. The van der Waals surface area contributed by atoms with Crippen molar-refractivity contribution in [2.24, 2.45) is 5.73 Å². The number of hydrogen-bond acceptors (Lipinski definition) is 4. The van der Waals surface area contributed by atoms with Crippen molar-refractivity contribution in [2.75, 3.05) is 13.7 Å². The summed E-state index contributed by atoms with van der Waals surface area (Å²) < 4.78 is 18.0. The summed E-state index contributed by atoms with van der Waals surface area (Å²) in [6.45, 7) is -0.215. The number of halogens is 1. The fourth-order valence-electron chi connectivity index (χ4n) is 1.14. The van der Waals surface area contributed by atoms with E-state index in [9.17, 15) is 9.18 Å². The fraction of sp³-hybridized carbons (Fsp3) is 0.200. The number of ketones is 1. The van der Waals surface area contributed by atoms with Crippen molar-refractivity contribution < 1.29 is 13.9 Å². The Labute approximate surface area is 86.1 Å². The van der Waals surface area contributed by atoms with Crippen LogP contribution >= 0.6 is 0 Å². The molecule has 4 nitrogen and oxygen atoms in total. The lowest BCUT2D eigenvalue weighted by molar-refractivity contribution is 0.0998. The van der Waals surface area contributed by atoms with Gasteiger partial charge in [-0.15, -0.1) is 0 Å². The molecule has 1 rings (SSSR count). The van der Waals surface area contributed by atoms with Crippen molar-refractivity contribution in [3.8, 4) is 11.8 Å². The molecule has 78 valence electrons. The molecular formula is C10H9FN2O2. The van der Waals surface area contributed by atoms with Gasteiger partial charge in [-0.05, 0) is 6.07 Å². The minimum Gasteiger partial charge on any atom is -0.496 e. The van der Waals surface area contributed by atoms with E-state index in [1.165, 1.54) is 7.11 Å². The molecule has 0 aliphatic rings. The van der Waals surface area contributed by atoms with Crippen LogP contribution in [0.25, 0.3) is 0 Å². The quantitative estimate of drug-likeness (QED) is 0.747. The van der Waals surface area contributed by atoms with Gasteiger partial charge in [0.25, 0.3) is 0 Å². The summed E-state index contributed by atoms with van der Waals surface area (Å²) in [4.78, 5) is 11.3. The summed E-state index contributed by atoms with van der Waals surface area (Å²) in [6.07, 6.45) is 0. The third-order valence-electron chi connectivity index (χ3n) is 1.90. The zero-order valence-electron chi connectivity index (χ0n) is 8.08. The molecule has 0 aliphatic heterocycles. The molecule has 0 aromatic heterocycles. The second-order valence-corrected chi connectivity index (χ2v) is 2.77. The van der Waals surface area contributed by atoms with Gasteiger partial charge in [-0.3, -0.25) is 4.79 Å². The molecule has 1 aromatic carbocycles. The van der Waals surface area contributed by atoms with Crippen LogP contribution in [0.3, 0.4) is 0 Å². The molecule has 0 fully saturated rings. The second-order valence-electron chi connectivity index (χ2n) is 2.77. The molecule has 0 radical (unpaired) electrons. The summed E-state index contributed by atoms with van der Waals surface area (Å²) in [6, 6.07) is 3.79. The average Bonchev–Trinajstić information content (AvgIpc) is 2.27. The van der Waals surface area contributed by atoms with Crippen molar-refractivity contribution in [3.05, 3.63) is 29.1 Å². The van der Waals surface area contributed by atoms with Gasteiger partial charge in [-0.1, -0.05) is 0 Å². The predicted octanol–water partition coefficient (Wildman–Crippen LogP) is 0.847. The van der Waals surface area contributed by atoms with E-state index in [1.54, 1.807) is 6.07 Å². The topological polar surface area (TPSA) is 76.1 Å². The highest BCUT2D eigenvalue weighted by molar-refractivity contribution is 6.00. The number of ether oxygens (including phenoxy) is 1. The van der Waals surface area contributed by atoms with E-state index in [1.807, 2.05) is 0 Å². The molecule has 0 saturated carbocycles. The Bertz CT molecular complexity index is 438. The van der Waals surface area contributed by atoms with Gasteiger partial charge in [-0.2, -0.15) is 5.26 Å². The molecule has 0 bridgehead atoms. The van der Waals surface area contributed by atoms with Gasteiger partial charge in [0.1, 0.15) is 17.6 Å². The lowest BCUT2D eigenvalue weighted by atomic mass is 10.1. The third-order valence-corrected chi connectivity index (χ3v) is 1.90. The van der Waals surface area contributed by atoms with Gasteiger partial charge in [0.05, 0.1) is 24.8 Å². The number of benzene rings is 1. The Hall–Kier alpha value is -1.93. The number of nitrogens with two attached hydrogens (primary N) is 1. The highest BCUT2D eigenvalue weighted by atomic mass is 19.1. The predicted molar refractivity (Wildman–Crippen MR) is 51.1 cm³/mol. The number of Topliss-reactive ketones (excluding diaryl/α,β-unsaturated/α-hetero) is 1. The first kappa shape index (κ1) is 11.1. The van der Waals surface area contributed by atoms with Crippen LogP contribution < -0.4 is 10.5 Å². The van der Waals surface area contributed by atoms with Crippen LogP contribution in [-0.2, 0) is 0 Å². The maximum atomic E-state index is 13.1. The van der Waals surface area contributed by atoms with Crippen LogP contribution in [0.1, 0.15) is 15.9 Å². The summed E-state index contributed by atoms with van der Waals surface area (Å²) in [7, 11) is 1.31. The Balaban J connectivity index is 3.36. The number of nitriles is 1. The van der Waals surface area contributed by atoms with Gasteiger partial charge in [0.15, 0.2) is 5.78 Å². The molecule has 2 N–H and O–H groups in total. The Kier molecular flexibility index (Phi) is 3.37. The number of hydrogen-bond donors (Lipinski definition) is 1. The normalized spacial score (nSPS) is 9.47. The van der Waals surface area contributed by atoms with Gasteiger partial charge in [0.2, 0.25) is 0 Å². The standard InChI is InChI=1S/C10H9FN2O2/c1-15-10-3-8(11)6(4-12)2-7(10)9(14)5-13/h2-3H,5,13H2,1H3. The van der Waals surface area contributed by atoms with E-state index >= 15 is 0 Å². The zero-order chi connectivity index (χ0) is 11.4. The van der Waals surface area contributed by atoms with Gasteiger partial charge in [-0.25, -0.2) is 4.39 Å². The molecule has 15 heavy (non-hydrogen) atoms.